The van der Waals surface area contributed by atoms with Crippen LogP contribution in [0.5, 0.6) is 11.5 Å². The molecule has 2 atom stereocenters. The fourth-order valence-electron chi connectivity index (χ4n) is 4.49. The van der Waals surface area contributed by atoms with Gasteiger partial charge in [0.2, 0.25) is 11.8 Å². The van der Waals surface area contributed by atoms with E-state index in [1.165, 1.54) is 35.9 Å². The molecule has 0 bridgehead atoms. The zero-order valence-electron chi connectivity index (χ0n) is 21.6. The van der Waals surface area contributed by atoms with E-state index >= 15 is 0 Å². The van der Waals surface area contributed by atoms with Gasteiger partial charge in [-0.05, 0) is 31.2 Å². The Morgan fingerprint density at radius 1 is 1.14 bits per heavy atom. The van der Waals surface area contributed by atoms with Crippen LogP contribution in [0.1, 0.15) is 23.7 Å². The number of carbonyl (C=O) groups is 3. The highest BCUT2D eigenvalue weighted by molar-refractivity contribution is 7.51. The molecule has 0 aliphatic carbocycles. The van der Waals surface area contributed by atoms with E-state index in [1.54, 1.807) is 0 Å². The minimum absolute atomic E-state index is 0.0360. The summed E-state index contributed by atoms with van der Waals surface area (Å²) < 4.78 is 86.8. The quantitative estimate of drug-likeness (QED) is 0.185. The molecule has 1 fully saturated rings. The van der Waals surface area contributed by atoms with E-state index in [2.05, 4.69) is 10.1 Å². The van der Waals surface area contributed by atoms with Crippen LogP contribution in [-0.4, -0.2) is 68.3 Å². The first kappa shape index (κ1) is 30.9. The first-order chi connectivity index (χ1) is 19.5. The van der Waals surface area contributed by atoms with Gasteiger partial charge >= 0.3 is 14.0 Å². The normalized spacial score (nSPS) is 17.4. The lowest BCUT2D eigenvalue weighted by molar-refractivity contribution is -0.275. The standard InChI is InChI=1S/C25H23F5N3O8P/c1-13(34)18-10-32(20-8-16(3-4-17(18)20)40-12-42(37,38)39)11-23(35)33-9-14(26)6-21(33)24(36)31-15-2-5-22(19(27)7-15)41-25(28,29)30/h2-5,7-8,10,14,21H,6,9,11-12H2,1H3,(H,31,36)(H2,37,38,39). The second-order valence-corrected chi connectivity index (χ2v) is 11.0. The molecule has 2 aromatic carbocycles. The molecule has 11 nitrogen and oxygen atoms in total. The van der Waals surface area contributed by atoms with Crippen LogP contribution < -0.4 is 14.8 Å². The Balaban J connectivity index is 1.54. The van der Waals surface area contributed by atoms with Gasteiger partial charge < -0.3 is 34.0 Å². The van der Waals surface area contributed by atoms with E-state index in [0.29, 0.717) is 17.5 Å². The molecule has 226 valence electrons. The summed E-state index contributed by atoms with van der Waals surface area (Å²) in [4.78, 5) is 57.5. The molecule has 2 heterocycles. The summed E-state index contributed by atoms with van der Waals surface area (Å²) in [7, 11) is -4.50. The van der Waals surface area contributed by atoms with Crippen molar-refractivity contribution >= 4 is 41.8 Å². The van der Waals surface area contributed by atoms with Gasteiger partial charge in [0.15, 0.2) is 23.7 Å². The molecule has 2 amide bonds. The topological polar surface area (TPSA) is 147 Å². The van der Waals surface area contributed by atoms with Crippen molar-refractivity contribution in [3.63, 3.8) is 0 Å². The number of hydrogen-bond acceptors (Lipinski definition) is 6. The van der Waals surface area contributed by atoms with Crippen LogP contribution in [0.2, 0.25) is 0 Å². The van der Waals surface area contributed by atoms with Gasteiger partial charge in [0.1, 0.15) is 24.5 Å². The number of anilines is 1. The molecule has 0 radical (unpaired) electrons. The lowest BCUT2D eigenvalue weighted by Gasteiger charge is -2.24. The van der Waals surface area contributed by atoms with Gasteiger partial charge in [-0.15, -0.1) is 13.2 Å². The average Bonchev–Trinajstić information content (AvgIpc) is 3.44. The number of benzene rings is 2. The molecule has 1 saturated heterocycles. The Hall–Kier alpha value is -4.01. The van der Waals surface area contributed by atoms with Crippen molar-refractivity contribution in [2.24, 2.45) is 0 Å². The number of nitrogens with zero attached hydrogens (tertiary/aromatic N) is 2. The van der Waals surface area contributed by atoms with E-state index in [4.69, 9.17) is 14.5 Å². The molecule has 0 saturated carbocycles. The number of likely N-dealkylation sites (tertiary alicyclic amines) is 1. The van der Waals surface area contributed by atoms with Crippen LogP contribution >= 0.6 is 7.60 Å². The number of fused-ring (bicyclic) bond motifs is 1. The highest BCUT2D eigenvalue weighted by Crippen LogP contribution is 2.36. The molecule has 1 aromatic heterocycles. The molecule has 2 unspecified atom stereocenters. The number of carbonyl (C=O) groups excluding carboxylic acids is 3. The Morgan fingerprint density at radius 2 is 1.86 bits per heavy atom. The molecule has 1 aliphatic heterocycles. The van der Waals surface area contributed by atoms with Crippen molar-refractivity contribution in [2.45, 2.75) is 38.5 Å². The predicted octanol–water partition coefficient (Wildman–Crippen LogP) is 3.97. The molecule has 4 rings (SSSR count). The number of amides is 2. The van der Waals surface area contributed by atoms with Crippen molar-refractivity contribution in [2.75, 3.05) is 18.2 Å². The first-order valence-corrected chi connectivity index (χ1v) is 13.9. The summed E-state index contributed by atoms with van der Waals surface area (Å²) in [5.41, 5.74) is 0.246. The fraction of sp³-hybridized carbons (Fsp3) is 0.320. The third-order valence-electron chi connectivity index (χ3n) is 6.24. The fourth-order valence-corrected chi connectivity index (χ4v) is 4.81. The van der Waals surface area contributed by atoms with Crippen molar-refractivity contribution in [1.82, 2.24) is 9.47 Å². The van der Waals surface area contributed by atoms with Crippen molar-refractivity contribution in [3.05, 3.63) is 54.0 Å². The van der Waals surface area contributed by atoms with Crippen LogP contribution in [0.3, 0.4) is 0 Å². The Bertz CT molecular complexity index is 1590. The number of hydrogen-bond donors (Lipinski definition) is 3. The third kappa shape index (κ3) is 7.43. The summed E-state index contributed by atoms with van der Waals surface area (Å²) in [5.74, 6) is -4.50. The van der Waals surface area contributed by atoms with Crippen LogP contribution in [-0.2, 0) is 20.7 Å². The van der Waals surface area contributed by atoms with E-state index < -0.39 is 75.4 Å². The number of rotatable bonds is 9. The minimum Gasteiger partial charge on any atom is -0.481 e. The van der Waals surface area contributed by atoms with Crippen LogP contribution in [0, 0.1) is 5.82 Å². The molecular weight excluding hydrogens is 596 g/mol. The van der Waals surface area contributed by atoms with Gasteiger partial charge in [-0.3, -0.25) is 18.9 Å². The van der Waals surface area contributed by atoms with Gasteiger partial charge in [0, 0.05) is 41.4 Å². The van der Waals surface area contributed by atoms with Gasteiger partial charge in [-0.2, -0.15) is 0 Å². The smallest absolute Gasteiger partial charge is 0.481 e. The lowest BCUT2D eigenvalue weighted by Crippen LogP contribution is -2.44. The van der Waals surface area contributed by atoms with Crippen molar-refractivity contribution in [3.8, 4) is 11.5 Å². The SMILES string of the molecule is CC(=O)c1cn(CC(=O)N2CC(F)CC2C(=O)Nc2ccc(OC(F)(F)F)c(F)c2)c2cc(OCP(=O)(O)O)ccc12. The van der Waals surface area contributed by atoms with E-state index in [-0.39, 0.29) is 28.3 Å². The largest absolute Gasteiger partial charge is 0.573 e. The summed E-state index contributed by atoms with van der Waals surface area (Å²) >= 11 is 0. The lowest BCUT2D eigenvalue weighted by atomic mass is 10.1. The first-order valence-electron chi connectivity index (χ1n) is 12.1. The molecule has 0 spiro atoms. The highest BCUT2D eigenvalue weighted by atomic mass is 31.2. The molecule has 3 aromatic rings. The van der Waals surface area contributed by atoms with Crippen molar-refractivity contribution in [1.29, 1.82) is 0 Å². The monoisotopic (exact) mass is 619 g/mol. The van der Waals surface area contributed by atoms with E-state index in [0.717, 1.165) is 11.0 Å². The second-order valence-electron chi connectivity index (χ2n) is 9.42. The molecule has 3 N–H and O–H groups in total. The van der Waals surface area contributed by atoms with Crippen LogP contribution in [0.25, 0.3) is 10.9 Å². The third-order valence-corrected chi connectivity index (χ3v) is 6.70. The molecule has 42 heavy (non-hydrogen) atoms. The average molecular weight is 619 g/mol. The van der Waals surface area contributed by atoms with E-state index in [1.807, 2.05) is 0 Å². The van der Waals surface area contributed by atoms with E-state index in [9.17, 15) is 40.9 Å². The number of ether oxygens (including phenoxy) is 2. The second kappa shape index (κ2) is 11.7. The predicted molar refractivity (Wildman–Crippen MR) is 136 cm³/mol. The van der Waals surface area contributed by atoms with Gasteiger partial charge in [-0.25, -0.2) is 8.78 Å². The summed E-state index contributed by atoms with van der Waals surface area (Å²) in [6, 6.07) is 5.03. The number of ketones is 1. The minimum atomic E-state index is -5.14. The summed E-state index contributed by atoms with van der Waals surface area (Å²) in [6.07, 6.45) is -6.68. The highest BCUT2D eigenvalue weighted by Gasteiger charge is 2.40. The Kier molecular flexibility index (Phi) is 8.62. The Morgan fingerprint density at radius 3 is 2.48 bits per heavy atom. The maximum Gasteiger partial charge on any atom is 0.573 e. The molecule has 1 aliphatic rings. The Labute approximate surface area is 233 Å². The van der Waals surface area contributed by atoms with Crippen molar-refractivity contribution < 1.29 is 60.2 Å². The molecular formula is C25H23F5N3O8P. The maximum absolute atomic E-state index is 14.4. The van der Waals surface area contributed by atoms with Gasteiger partial charge in [0.25, 0.3) is 0 Å². The summed E-state index contributed by atoms with van der Waals surface area (Å²) in [5, 5.41) is 2.66. The maximum atomic E-state index is 14.4. The zero-order chi connectivity index (χ0) is 31.0. The molecule has 17 heteroatoms. The number of alkyl halides is 4. The van der Waals surface area contributed by atoms with Crippen LogP contribution in [0.15, 0.2) is 42.6 Å². The number of nitrogens with one attached hydrogen (secondary N) is 1. The number of aromatic nitrogens is 1. The van der Waals surface area contributed by atoms with Crippen LogP contribution in [0.4, 0.5) is 27.6 Å². The summed E-state index contributed by atoms with van der Waals surface area (Å²) in [6.45, 7) is 0.359. The number of halogens is 5. The van der Waals surface area contributed by atoms with Gasteiger partial charge in [0.05, 0.1) is 12.1 Å². The van der Waals surface area contributed by atoms with Gasteiger partial charge in [-0.1, -0.05) is 0 Å². The zero-order valence-corrected chi connectivity index (χ0v) is 22.5. The number of Topliss-reactive ketones (excluding diaryl/α,β-unsaturated/α-hetero) is 1.